The summed E-state index contributed by atoms with van der Waals surface area (Å²) in [6.07, 6.45) is 18.2. The molecule has 0 radical (unpaired) electrons. The third-order valence-corrected chi connectivity index (χ3v) is 8.47. The molecule has 0 bridgehead atoms. The predicted octanol–water partition coefficient (Wildman–Crippen LogP) is 6.72. The molecule has 0 aromatic carbocycles. The van der Waals surface area contributed by atoms with E-state index in [1.807, 2.05) is 6.20 Å². The van der Waals surface area contributed by atoms with Crippen LogP contribution in [0.25, 0.3) is 11.0 Å². The summed E-state index contributed by atoms with van der Waals surface area (Å²) >= 11 is 0. The van der Waals surface area contributed by atoms with Crippen molar-refractivity contribution in [3.63, 3.8) is 0 Å². The summed E-state index contributed by atoms with van der Waals surface area (Å²) in [5.41, 5.74) is 6.85. The van der Waals surface area contributed by atoms with Crippen molar-refractivity contribution in [1.29, 1.82) is 0 Å². The average Bonchev–Trinajstić information content (AvgIpc) is 3.25. The van der Waals surface area contributed by atoms with Gasteiger partial charge in [0.25, 0.3) is 0 Å². The van der Waals surface area contributed by atoms with Crippen LogP contribution in [0.3, 0.4) is 0 Å². The molecular formula is C32H47N5O3. The molecule has 2 N–H and O–H groups in total. The fourth-order valence-corrected chi connectivity index (χ4v) is 5.70. The molecule has 1 atom stereocenters. The van der Waals surface area contributed by atoms with Crippen molar-refractivity contribution in [2.45, 2.75) is 110 Å². The normalized spacial score (nSPS) is 16.1. The standard InChI is InChI=1S/C32H47N5O3/c1-7-8-9-10-11-12-13-14-27(30(2,3)4)40-31(5,6)32(20-39-21-32)37-19-26(25-18-35-22-36-29(25)37)28(38)23-15-24(33)17-34-16-23/h15-19,22,27H,7-14,20-21,33H2,1-6H3. The van der Waals surface area contributed by atoms with Crippen molar-refractivity contribution in [2.24, 2.45) is 5.41 Å². The number of aromatic nitrogens is 4. The van der Waals surface area contributed by atoms with Gasteiger partial charge in [-0.25, -0.2) is 9.97 Å². The van der Waals surface area contributed by atoms with Gasteiger partial charge in [0.15, 0.2) is 5.78 Å². The second-order valence-electron chi connectivity index (χ2n) is 12.9. The first-order valence-corrected chi connectivity index (χ1v) is 14.8. The highest BCUT2D eigenvalue weighted by molar-refractivity contribution is 6.16. The van der Waals surface area contributed by atoms with E-state index in [-0.39, 0.29) is 17.3 Å². The van der Waals surface area contributed by atoms with Gasteiger partial charge in [-0.05, 0) is 31.7 Å². The summed E-state index contributed by atoms with van der Waals surface area (Å²) in [6, 6.07) is 1.65. The van der Waals surface area contributed by atoms with Crippen LogP contribution in [0, 0.1) is 5.41 Å². The zero-order valence-corrected chi connectivity index (χ0v) is 25.2. The molecule has 1 unspecified atom stereocenters. The molecule has 8 heteroatoms. The lowest BCUT2D eigenvalue weighted by molar-refractivity contribution is -0.241. The van der Waals surface area contributed by atoms with Crippen LogP contribution >= 0.6 is 0 Å². The molecule has 1 fully saturated rings. The molecule has 0 spiro atoms. The molecule has 1 aliphatic heterocycles. The van der Waals surface area contributed by atoms with Gasteiger partial charge in [0, 0.05) is 35.7 Å². The Morgan fingerprint density at radius 1 is 1.05 bits per heavy atom. The third-order valence-electron chi connectivity index (χ3n) is 8.47. The van der Waals surface area contributed by atoms with Gasteiger partial charge in [0.05, 0.1) is 36.2 Å². The van der Waals surface area contributed by atoms with Crippen LogP contribution in [0.1, 0.15) is 109 Å². The molecule has 1 saturated heterocycles. The van der Waals surface area contributed by atoms with Crippen molar-refractivity contribution in [3.05, 3.63) is 48.3 Å². The van der Waals surface area contributed by atoms with Gasteiger partial charge in [0.2, 0.25) is 0 Å². The Morgan fingerprint density at radius 2 is 1.75 bits per heavy atom. The van der Waals surface area contributed by atoms with Crippen LogP contribution in [0.4, 0.5) is 5.69 Å². The first kappa shape index (κ1) is 30.1. The van der Waals surface area contributed by atoms with Crippen LogP contribution in [0.15, 0.2) is 37.2 Å². The Labute approximate surface area is 239 Å². The SMILES string of the molecule is CCCCCCCCCC(OC(C)(C)C1(n2cc(C(=O)c3cncc(N)c3)c3cncnc32)COC1)C(C)(C)C. The molecule has 8 nitrogen and oxygen atoms in total. The summed E-state index contributed by atoms with van der Waals surface area (Å²) < 4.78 is 15.0. The van der Waals surface area contributed by atoms with E-state index in [0.717, 1.165) is 12.8 Å². The molecule has 4 heterocycles. The number of anilines is 1. The second-order valence-corrected chi connectivity index (χ2v) is 12.9. The lowest BCUT2D eigenvalue weighted by Crippen LogP contribution is -2.66. The summed E-state index contributed by atoms with van der Waals surface area (Å²) in [5.74, 6) is -0.168. The Morgan fingerprint density at radius 3 is 2.38 bits per heavy atom. The minimum absolute atomic E-state index is 0.0203. The van der Waals surface area contributed by atoms with Gasteiger partial charge < -0.3 is 19.8 Å². The summed E-state index contributed by atoms with van der Waals surface area (Å²) in [5, 5.41) is 0.687. The van der Waals surface area contributed by atoms with Crippen molar-refractivity contribution < 1.29 is 14.3 Å². The van der Waals surface area contributed by atoms with Gasteiger partial charge in [-0.2, -0.15) is 0 Å². The largest absolute Gasteiger partial charge is 0.397 e. The fourth-order valence-electron chi connectivity index (χ4n) is 5.70. The highest BCUT2D eigenvalue weighted by Crippen LogP contribution is 2.45. The topological polar surface area (TPSA) is 105 Å². The van der Waals surface area contributed by atoms with Gasteiger partial charge >= 0.3 is 0 Å². The minimum atomic E-state index is -0.597. The average molecular weight is 550 g/mol. The van der Waals surface area contributed by atoms with Crippen LogP contribution in [0.5, 0.6) is 0 Å². The fraction of sp³-hybridized carbons (Fsp3) is 0.625. The number of unbranched alkanes of at least 4 members (excludes halogenated alkanes) is 6. The number of hydrogen-bond acceptors (Lipinski definition) is 7. The van der Waals surface area contributed by atoms with Crippen molar-refractivity contribution in [3.8, 4) is 0 Å². The van der Waals surface area contributed by atoms with E-state index in [9.17, 15) is 4.79 Å². The quantitative estimate of drug-likeness (QED) is 0.176. The molecule has 0 saturated carbocycles. The molecule has 1 aliphatic rings. The van der Waals surface area contributed by atoms with Gasteiger partial charge in [-0.15, -0.1) is 0 Å². The van der Waals surface area contributed by atoms with Crippen molar-refractivity contribution >= 4 is 22.5 Å². The number of nitrogen functional groups attached to an aromatic ring is 1. The molecule has 3 aromatic heterocycles. The second kappa shape index (κ2) is 12.4. The number of nitrogens with zero attached hydrogens (tertiary/aromatic N) is 4. The maximum Gasteiger partial charge on any atom is 0.196 e. The molecular weight excluding hydrogens is 502 g/mol. The van der Waals surface area contributed by atoms with Gasteiger partial charge in [-0.3, -0.25) is 9.78 Å². The van der Waals surface area contributed by atoms with E-state index < -0.39 is 11.1 Å². The number of fused-ring (bicyclic) bond motifs is 1. The van der Waals surface area contributed by atoms with Crippen LogP contribution in [-0.4, -0.2) is 50.2 Å². The summed E-state index contributed by atoms with van der Waals surface area (Å²) in [4.78, 5) is 26.6. The zero-order chi connectivity index (χ0) is 29.0. The minimum Gasteiger partial charge on any atom is -0.397 e. The Balaban J connectivity index is 1.61. The highest BCUT2D eigenvalue weighted by Gasteiger charge is 2.56. The number of hydrogen-bond donors (Lipinski definition) is 1. The summed E-state index contributed by atoms with van der Waals surface area (Å²) in [7, 11) is 0. The molecule has 4 rings (SSSR count). The molecule has 218 valence electrons. The molecule has 40 heavy (non-hydrogen) atoms. The smallest absolute Gasteiger partial charge is 0.196 e. The van der Waals surface area contributed by atoms with E-state index in [0.29, 0.717) is 41.1 Å². The Bertz CT molecular complexity index is 1290. The maximum absolute atomic E-state index is 13.6. The van der Waals surface area contributed by atoms with Crippen LogP contribution in [0.2, 0.25) is 0 Å². The van der Waals surface area contributed by atoms with E-state index in [1.165, 1.54) is 51.0 Å². The van der Waals surface area contributed by atoms with Crippen molar-refractivity contribution in [1.82, 2.24) is 19.5 Å². The highest BCUT2D eigenvalue weighted by atomic mass is 16.5. The van der Waals surface area contributed by atoms with Gasteiger partial charge in [-0.1, -0.05) is 72.6 Å². The van der Waals surface area contributed by atoms with E-state index in [4.69, 9.17) is 15.2 Å². The Kier molecular flexibility index (Phi) is 9.30. The first-order valence-electron chi connectivity index (χ1n) is 14.8. The predicted molar refractivity (Wildman–Crippen MR) is 159 cm³/mol. The first-order chi connectivity index (χ1) is 19.0. The molecule has 3 aromatic rings. The monoisotopic (exact) mass is 549 g/mol. The van der Waals surface area contributed by atoms with Crippen LogP contribution < -0.4 is 5.73 Å². The van der Waals surface area contributed by atoms with E-state index in [2.05, 4.69) is 61.1 Å². The maximum atomic E-state index is 13.6. The molecule has 0 aliphatic carbocycles. The number of rotatable bonds is 14. The third kappa shape index (κ3) is 6.23. The van der Waals surface area contributed by atoms with Crippen molar-refractivity contribution in [2.75, 3.05) is 18.9 Å². The number of carbonyl (C=O) groups is 1. The lowest BCUT2D eigenvalue weighted by Gasteiger charge is -2.54. The van der Waals surface area contributed by atoms with Gasteiger partial charge in [0.1, 0.15) is 17.5 Å². The van der Waals surface area contributed by atoms with Crippen LogP contribution in [-0.2, 0) is 15.0 Å². The van der Waals surface area contributed by atoms with E-state index in [1.54, 1.807) is 18.5 Å². The Hall–Kier alpha value is -2.84. The number of ketones is 1. The summed E-state index contributed by atoms with van der Waals surface area (Å²) in [6.45, 7) is 14.3. The number of carbonyl (C=O) groups excluding carboxylic acids is 1. The molecule has 0 amide bonds. The number of ether oxygens (including phenoxy) is 2. The van der Waals surface area contributed by atoms with E-state index >= 15 is 0 Å². The number of pyridine rings is 1. The number of nitrogens with two attached hydrogens (primary N) is 1. The zero-order valence-electron chi connectivity index (χ0n) is 25.2. The lowest BCUT2D eigenvalue weighted by atomic mass is 9.78.